The Morgan fingerprint density at radius 3 is 2.42 bits per heavy atom. The van der Waals surface area contributed by atoms with Crippen LogP contribution in [0.5, 0.6) is 5.75 Å². The summed E-state index contributed by atoms with van der Waals surface area (Å²) in [6.45, 7) is 5.62. The number of nitrogens with one attached hydrogen (secondary N) is 1. The third kappa shape index (κ3) is 4.39. The third-order valence-electron chi connectivity index (χ3n) is 4.02. The topological polar surface area (TPSA) is 21.3 Å². The highest BCUT2D eigenvalue weighted by Gasteiger charge is 2.01. The lowest BCUT2D eigenvalue weighted by Crippen LogP contribution is -2.02. The van der Waals surface area contributed by atoms with Crippen molar-refractivity contribution >= 4 is 5.69 Å². The van der Waals surface area contributed by atoms with Gasteiger partial charge in [0.25, 0.3) is 0 Å². The maximum atomic E-state index is 5.90. The number of anilines is 1. The lowest BCUT2D eigenvalue weighted by Gasteiger charge is -2.12. The van der Waals surface area contributed by atoms with Crippen LogP contribution in [-0.4, -0.2) is 0 Å². The molecule has 0 saturated carbocycles. The van der Waals surface area contributed by atoms with Gasteiger partial charge in [-0.15, -0.1) is 0 Å². The second-order valence-electron chi connectivity index (χ2n) is 6.09. The van der Waals surface area contributed by atoms with Gasteiger partial charge in [-0.05, 0) is 54.3 Å². The molecule has 0 aliphatic rings. The van der Waals surface area contributed by atoms with Crippen molar-refractivity contribution in [2.45, 2.75) is 27.0 Å². The Balaban J connectivity index is 1.61. The standard InChI is InChI=1S/C22H23NO/c1-17-11-12-18(2)22(13-17)23-15-20-9-6-10-21(14-20)24-16-19-7-4-3-5-8-19/h3-14,23H,15-16H2,1-2H3. The van der Waals surface area contributed by atoms with Crippen LogP contribution in [0.3, 0.4) is 0 Å². The SMILES string of the molecule is Cc1ccc(C)c(NCc2cccc(OCc3ccccc3)c2)c1. The summed E-state index contributed by atoms with van der Waals surface area (Å²) in [7, 11) is 0. The van der Waals surface area contributed by atoms with Gasteiger partial charge in [0.2, 0.25) is 0 Å². The lowest BCUT2D eigenvalue weighted by atomic mass is 10.1. The lowest BCUT2D eigenvalue weighted by molar-refractivity contribution is 0.306. The molecule has 0 bridgehead atoms. The summed E-state index contributed by atoms with van der Waals surface area (Å²) in [5.74, 6) is 0.902. The molecular weight excluding hydrogens is 294 g/mol. The van der Waals surface area contributed by atoms with E-state index in [1.807, 2.05) is 30.3 Å². The summed E-state index contributed by atoms with van der Waals surface area (Å²) < 4.78 is 5.90. The van der Waals surface area contributed by atoms with Gasteiger partial charge in [0.1, 0.15) is 12.4 Å². The summed E-state index contributed by atoms with van der Waals surface area (Å²) in [6.07, 6.45) is 0. The molecule has 0 aromatic heterocycles. The van der Waals surface area contributed by atoms with Crippen molar-refractivity contribution in [3.8, 4) is 5.75 Å². The zero-order chi connectivity index (χ0) is 16.8. The summed E-state index contributed by atoms with van der Waals surface area (Å²) >= 11 is 0. The van der Waals surface area contributed by atoms with Gasteiger partial charge in [-0.25, -0.2) is 0 Å². The molecule has 0 unspecified atom stereocenters. The Labute approximate surface area is 144 Å². The number of hydrogen-bond acceptors (Lipinski definition) is 2. The van der Waals surface area contributed by atoms with Crippen molar-refractivity contribution in [1.82, 2.24) is 0 Å². The van der Waals surface area contributed by atoms with Crippen LogP contribution in [0.2, 0.25) is 0 Å². The van der Waals surface area contributed by atoms with Crippen molar-refractivity contribution in [2.24, 2.45) is 0 Å². The zero-order valence-electron chi connectivity index (χ0n) is 14.3. The highest BCUT2D eigenvalue weighted by Crippen LogP contribution is 2.19. The molecule has 0 saturated heterocycles. The number of hydrogen-bond donors (Lipinski definition) is 1. The van der Waals surface area contributed by atoms with Gasteiger partial charge < -0.3 is 10.1 Å². The van der Waals surface area contributed by atoms with E-state index in [9.17, 15) is 0 Å². The highest BCUT2D eigenvalue weighted by molar-refractivity contribution is 5.52. The number of benzene rings is 3. The molecular formula is C22H23NO. The molecule has 0 heterocycles. The average Bonchev–Trinajstić information content (AvgIpc) is 2.62. The first-order valence-electron chi connectivity index (χ1n) is 8.27. The van der Waals surface area contributed by atoms with Gasteiger partial charge in [0.05, 0.1) is 0 Å². The van der Waals surface area contributed by atoms with E-state index in [0.717, 1.165) is 12.3 Å². The minimum atomic E-state index is 0.592. The number of aryl methyl sites for hydroxylation is 2. The van der Waals surface area contributed by atoms with Crippen molar-refractivity contribution < 1.29 is 4.74 Å². The van der Waals surface area contributed by atoms with Gasteiger partial charge in [-0.1, -0.05) is 54.6 Å². The molecule has 0 aliphatic heterocycles. The maximum Gasteiger partial charge on any atom is 0.120 e. The molecule has 1 N–H and O–H groups in total. The quantitative estimate of drug-likeness (QED) is 0.648. The molecule has 122 valence electrons. The van der Waals surface area contributed by atoms with E-state index in [0.29, 0.717) is 6.61 Å². The van der Waals surface area contributed by atoms with E-state index >= 15 is 0 Å². The predicted molar refractivity (Wildman–Crippen MR) is 100 cm³/mol. The number of ether oxygens (including phenoxy) is 1. The molecule has 0 amide bonds. The Morgan fingerprint density at radius 1 is 0.792 bits per heavy atom. The van der Waals surface area contributed by atoms with Crippen LogP contribution < -0.4 is 10.1 Å². The van der Waals surface area contributed by atoms with Crippen LogP contribution in [0.15, 0.2) is 72.8 Å². The van der Waals surface area contributed by atoms with Gasteiger partial charge in [0.15, 0.2) is 0 Å². The summed E-state index contributed by atoms with van der Waals surface area (Å²) in [4.78, 5) is 0. The van der Waals surface area contributed by atoms with Crippen LogP contribution in [0.1, 0.15) is 22.3 Å². The van der Waals surface area contributed by atoms with Gasteiger partial charge in [-0.3, -0.25) is 0 Å². The predicted octanol–water partition coefficient (Wildman–Crippen LogP) is 5.49. The smallest absolute Gasteiger partial charge is 0.120 e. The van der Waals surface area contributed by atoms with E-state index in [1.165, 1.54) is 27.9 Å². The summed E-state index contributed by atoms with van der Waals surface area (Å²) in [5.41, 5.74) is 6.10. The maximum absolute atomic E-state index is 5.90. The van der Waals surface area contributed by atoms with Crippen molar-refractivity contribution in [3.63, 3.8) is 0 Å². The van der Waals surface area contributed by atoms with E-state index in [2.05, 4.69) is 61.6 Å². The number of rotatable bonds is 6. The second-order valence-corrected chi connectivity index (χ2v) is 6.09. The molecule has 3 aromatic rings. The Morgan fingerprint density at radius 2 is 1.58 bits per heavy atom. The van der Waals surface area contributed by atoms with E-state index in [1.54, 1.807) is 0 Å². The molecule has 3 rings (SSSR count). The van der Waals surface area contributed by atoms with Crippen LogP contribution in [0.25, 0.3) is 0 Å². The first-order chi connectivity index (χ1) is 11.7. The van der Waals surface area contributed by atoms with Gasteiger partial charge in [-0.2, -0.15) is 0 Å². The molecule has 0 spiro atoms. The van der Waals surface area contributed by atoms with Gasteiger partial charge in [0, 0.05) is 12.2 Å². The molecule has 24 heavy (non-hydrogen) atoms. The van der Waals surface area contributed by atoms with Gasteiger partial charge >= 0.3 is 0 Å². The fraction of sp³-hybridized carbons (Fsp3) is 0.182. The fourth-order valence-corrected chi connectivity index (χ4v) is 2.61. The third-order valence-corrected chi connectivity index (χ3v) is 4.02. The van der Waals surface area contributed by atoms with E-state index in [4.69, 9.17) is 4.74 Å². The van der Waals surface area contributed by atoms with Crippen molar-refractivity contribution in [2.75, 3.05) is 5.32 Å². The van der Waals surface area contributed by atoms with Crippen LogP contribution in [0.4, 0.5) is 5.69 Å². The molecule has 2 nitrogen and oxygen atoms in total. The molecule has 2 heteroatoms. The monoisotopic (exact) mass is 317 g/mol. The van der Waals surface area contributed by atoms with Crippen LogP contribution in [0, 0.1) is 13.8 Å². The first-order valence-corrected chi connectivity index (χ1v) is 8.27. The Hall–Kier alpha value is -2.74. The summed E-state index contributed by atoms with van der Waals surface area (Å²) in [6, 6.07) is 25.0. The van der Waals surface area contributed by atoms with E-state index < -0.39 is 0 Å². The van der Waals surface area contributed by atoms with Crippen molar-refractivity contribution in [1.29, 1.82) is 0 Å². The van der Waals surface area contributed by atoms with Crippen LogP contribution >= 0.6 is 0 Å². The minimum Gasteiger partial charge on any atom is -0.489 e. The molecule has 0 atom stereocenters. The fourth-order valence-electron chi connectivity index (χ4n) is 2.61. The normalized spacial score (nSPS) is 10.4. The molecule has 0 aliphatic carbocycles. The second kappa shape index (κ2) is 7.69. The highest BCUT2D eigenvalue weighted by atomic mass is 16.5. The van der Waals surface area contributed by atoms with Crippen molar-refractivity contribution in [3.05, 3.63) is 95.1 Å². The Kier molecular flexibility index (Phi) is 5.17. The first kappa shape index (κ1) is 16.1. The molecule has 0 radical (unpaired) electrons. The molecule has 0 fully saturated rings. The zero-order valence-corrected chi connectivity index (χ0v) is 14.3. The largest absolute Gasteiger partial charge is 0.489 e. The van der Waals surface area contributed by atoms with Crippen LogP contribution in [-0.2, 0) is 13.2 Å². The Bertz CT molecular complexity index is 796. The average molecular weight is 317 g/mol. The minimum absolute atomic E-state index is 0.592. The summed E-state index contributed by atoms with van der Waals surface area (Å²) in [5, 5.41) is 3.52. The molecule has 3 aromatic carbocycles. The van der Waals surface area contributed by atoms with E-state index in [-0.39, 0.29) is 0 Å².